The van der Waals surface area contributed by atoms with Crippen molar-refractivity contribution in [3.63, 3.8) is 0 Å². The van der Waals surface area contributed by atoms with Crippen molar-refractivity contribution in [2.45, 2.75) is 12.6 Å². The van der Waals surface area contributed by atoms with E-state index in [0.717, 1.165) is 22.5 Å². The fraction of sp³-hybridized carbons (Fsp3) is 0.118. The molecule has 3 rings (SSSR count). The van der Waals surface area contributed by atoms with Crippen LogP contribution in [0.5, 0.6) is 0 Å². The van der Waals surface area contributed by atoms with E-state index in [-0.39, 0.29) is 12.0 Å². The van der Waals surface area contributed by atoms with Crippen LogP contribution in [-0.4, -0.2) is 4.98 Å². The van der Waals surface area contributed by atoms with Crippen LogP contribution in [0.1, 0.15) is 16.7 Å². The molecule has 0 spiro atoms. The van der Waals surface area contributed by atoms with E-state index in [2.05, 4.69) is 4.98 Å². The number of benzene rings is 2. The first kappa shape index (κ1) is 13.6. The first-order chi connectivity index (χ1) is 10.0. The second kappa shape index (κ2) is 5.20. The van der Waals surface area contributed by atoms with E-state index in [1.165, 1.54) is 12.1 Å². The number of para-hydroxylation sites is 1. The number of aromatic nitrogens is 1. The van der Waals surface area contributed by atoms with Crippen LogP contribution in [0, 0.1) is 0 Å². The molecule has 1 heterocycles. The fourth-order valence-corrected chi connectivity index (χ4v) is 2.38. The first-order valence-corrected chi connectivity index (χ1v) is 6.53. The van der Waals surface area contributed by atoms with Gasteiger partial charge in [0.25, 0.3) is 0 Å². The molecule has 3 aromatic rings. The number of alkyl halides is 3. The highest BCUT2D eigenvalue weighted by Gasteiger charge is 2.32. The molecular formula is C17H12F3N. The molecule has 21 heavy (non-hydrogen) atoms. The van der Waals surface area contributed by atoms with Gasteiger partial charge in [-0.2, -0.15) is 13.2 Å². The third-order valence-electron chi connectivity index (χ3n) is 3.36. The average molecular weight is 287 g/mol. The largest absolute Gasteiger partial charge is 0.416 e. The molecule has 0 saturated carbocycles. The zero-order chi connectivity index (χ0) is 14.9. The van der Waals surface area contributed by atoms with Crippen molar-refractivity contribution in [3.8, 4) is 0 Å². The molecule has 0 unspecified atom stereocenters. The van der Waals surface area contributed by atoms with Crippen molar-refractivity contribution in [2.24, 2.45) is 0 Å². The van der Waals surface area contributed by atoms with Gasteiger partial charge in [0, 0.05) is 11.6 Å². The third-order valence-corrected chi connectivity index (χ3v) is 3.36. The maximum Gasteiger partial charge on any atom is 0.416 e. The summed E-state index contributed by atoms with van der Waals surface area (Å²) in [4.78, 5) is 4.29. The SMILES string of the molecule is FC(F)(F)c1ccccc1Cc1cnc2ccccc2c1. The third kappa shape index (κ3) is 2.89. The van der Waals surface area contributed by atoms with E-state index in [1.54, 1.807) is 12.3 Å². The Balaban J connectivity index is 1.99. The summed E-state index contributed by atoms with van der Waals surface area (Å²) in [7, 11) is 0. The van der Waals surface area contributed by atoms with Crippen molar-refractivity contribution in [1.82, 2.24) is 4.98 Å². The summed E-state index contributed by atoms with van der Waals surface area (Å²) in [5, 5.41) is 0.930. The van der Waals surface area contributed by atoms with Gasteiger partial charge in [0.2, 0.25) is 0 Å². The van der Waals surface area contributed by atoms with Gasteiger partial charge in [-0.05, 0) is 35.7 Å². The minimum absolute atomic E-state index is 0.216. The summed E-state index contributed by atoms with van der Waals surface area (Å²) in [6, 6.07) is 15.1. The number of nitrogens with zero attached hydrogens (tertiary/aromatic N) is 1. The van der Waals surface area contributed by atoms with Gasteiger partial charge in [-0.15, -0.1) is 0 Å². The van der Waals surface area contributed by atoms with Crippen LogP contribution in [0.25, 0.3) is 10.9 Å². The predicted molar refractivity (Wildman–Crippen MR) is 76.0 cm³/mol. The number of pyridine rings is 1. The number of hydrogen-bond acceptors (Lipinski definition) is 1. The van der Waals surface area contributed by atoms with Crippen molar-refractivity contribution < 1.29 is 13.2 Å². The molecule has 4 heteroatoms. The zero-order valence-corrected chi connectivity index (χ0v) is 11.1. The van der Waals surface area contributed by atoms with E-state index in [9.17, 15) is 13.2 Å². The van der Waals surface area contributed by atoms with Gasteiger partial charge >= 0.3 is 6.18 Å². The monoisotopic (exact) mass is 287 g/mol. The fourth-order valence-electron chi connectivity index (χ4n) is 2.38. The van der Waals surface area contributed by atoms with Crippen LogP contribution >= 0.6 is 0 Å². The summed E-state index contributed by atoms with van der Waals surface area (Å²) in [5.41, 5.74) is 1.29. The summed E-state index contributed by atoms with van der Waals surface area (Å²) < 4.78 is 39.0. The maximum absolute atomic E-state index is 13.0. The standard InChI is InChI=1S/C17H12F3N/c18-17(19,20)15-7-3-1-5-13(15)9-12-10-14-6-2-4-8-16(14)21-11-12/h1-8,10-11H,9H2. The van der Waals surface area contributed by atoms with Crippen molar-refractivity contribution >= 4 is 10.9 Å². The van der Waals surface area contributed by atoms with Crippen LogP contribution in [-0.2, 0) is 12.6 Å². The highest BCUT2D eigenvalue weighted by molar-refractivity contribution is 5.78. The number of rotatable bonds is 2. The molecule has 0 radical (unpaired) electrons. The van der Waals surface area contributed by atoms with Crippen LogP contribution < -0.4 is 0 Å². The summed E-state index contributed by atoms with van der Waals surface area (Å²) in [6.45, 7) is 0. The molecule has 1 aromatic heterocycles. The maximum atomic E-state index is 13.0. The van der Waals surface area contributed by atoms with Gasteiger partial charge < -0.3 is 0 Å². The lowest BCUT2D eigenvalue weighted by atomic mass is 9.99. The van der Waals surface area contributed by atoms with Crippen molar-refractivity contribution in [1.29, 1.82) is 0 Å². The van der Waals surface area contributed by atoms with Gasteiger partial charge in [0.1, 0.15) is 0 Å². The minimum atomic E-state index is -4.33. The van der Waals surface area contributed by atoms with E-state index in [0.29, 0.717) is 0 Å². The highest BCUT2D eigenvalue weighted by atomic mass is 19.4. The van der Waals surface area contributed by atoms with Crippen LogP contribution in [0.4, 0.5) is 13.2 Å². The van der Waals surface area contributed by atoms with Crippen LogP contribution in [0.3, 0.4) is 0 Å². The molecule has 0 aliphatic rings. The first-order valence-electron chi connectivity index (χ1n) is 6.53. The van der Waals surface area contributed by atoms with Crippen LogP contribution in [0.15, 0.2) is 60.8 Å². The Morgan fingerprint density at radius 2 is 1.62 bits per heavy atom. The van der Waals surface area contributed by atoms with E-state index < -0.39 is 11.7 Å². The summed E-state index contributed by atoms with van der Waals surface area (Å²) >= 11 is 0. The minimum Gasteiger partial charge on any atom is -0.256 e. The molecule has 0 bridgehead atoms. The molecule has 0 atom stereocenters. The Morgan fingerprint density at radius 3 is 2.43 bits per heavy atom. The lowest BCUT2D eigenvalue weighted by Gasteiger charge is -2.12. The summed E-state index contributed by atoms with van der Waals surface area (Å²) in [6.07, 6.45) is -2.48. The lowest BCUT2D eigenvalue weighted by molar-refractivity contribution is -0.138. The van der Waals surface area contributed by atoms with Crippen molar-refractivity contribution in [3.05, 3.63) is 77.5 Å². The Bertz CT molecular complexity index is 778. The smallest absolute Gasteiger partial charge is 0.256 e. The average Bonchev–Trinajstić information content (AvgIpc) is 2.46. The van der Waals surface area contributed by atoms with Gasteiger partial charge in [-0.3, -0.25) is 4.98 Å². The lowest BCUT2D eigenvalue weighted by Crippen LogP contribution is -2.09. The number of halogens is 3. The molecule has 0 N–H and O–H groups in total. The quantitative estimate of drug-likeness (QED) is 0.657. The van der Waals surface area contributed by atoms with Gasteiger partial charge in [-0.25, -0.2) is 0 Å². The molecular weight excluding hydrogens is 275 g/mol. The molecule has 0 aliphatic heterocycles. The summed E-state index contributed by atoms with van der Waals surface area (Å²) in [5.74, 6) is 0. The molecule has 0 amide bonds. The Hall–Kier alpha value is -2.36. The highest BCUT2D eigenvalue weighted by Crippen LogP contribution is 2.32. The number of hydrogen-bond donors (Lipinski definition) is 0. The number of fused-ring (bicyclic) bond motifs is 1. The molecule has 2 aromatic carbocycles. The Labute approximate surface area is 120 Å². The second-order valence-electron chi connectivity index (χ2n) is 4.87. The zero-order valence-electron chi connectivity index (χ0n) is 11.1. The topological polar surface area (TPSA) is 12.9 Å². The van der Waals surface area contributed by atoms with Gasteiger partial charge in [0.05, 0.1) is 11.1 Å². The predicted octanol–water partition coefficient (Wildman–Crippen LogP) is 4.84. The Morgan fingerprint density at radius 1 is 0.905 bits per heavy atom. The van der Waals surface area contributed by atoms with Gasteiger partial charge in [-0.1, -0.05) is 36.4 Å². The van der Waals surface area contributed by atoms with E-state index >= 15 is 0 Å². The van der Waals surface area contributed by atoms with Gasteiger partial charge in [0.15, 0.2) is 0 Å². The normalized spacial score (nSPS) is 11.8. The second-order valence-corrected chi connectivity index (χ2v) is 4.87. The molecule has 0 aliphatic carbocycles. The molecule has 0 fully saturated rings. The Kier molecular flexibility index (Phi) is 3.37. The molecule has 1 nitrogen and oxygen atoms in total. The van der Waals surface area contributed by atoms with E-state index in [1.807, 2.05) is 30.3 Å². The van der Waals surface area contributed by atoms with Crippen LogP contribution in [0.2, 0.25) is 0 Å². The molecule has 0 saturated heterocycles. The molecule has 106 valence electrons. The van der Waals surface area contributed by atoms with Crippen molar-refractivity contribution in [2.75, 3.05) is 0 Å². The van der Waals surface area contributed by atoms with E-state index in [4.69, 9.17) is 0 Å².